The molecule has 0 radical (unpaired) electrons. The molecule has 0 aromatic rings. The predicted octanol–water partition coefficient (Wildman–Crippen LogP) is 3.51. The third-order valence-corrected chi connectivity index (χ3v) is 4.67. The van der Waals surface area contributed by atoms with Crippen LogP contribution in [0.15, 0.2) is 12.7 Å². The Labute approximate surface area is 104 Å². The number of allylic oxidation sites excluding steroid dienone is 1. The normalized spacial score (nSPS) is 36.9. The molecule has 96 valence electrons. The maximum atomic E-state index is 12.2. The topological polar surface area (TPSA) is 26.3 Å². The zero-order chi connectivity index (χ0) is 12.3. The van der Waals surface area contributed by atoms with Gasteiger partial charge in [-0.2, -0.15) is 0 Å². The molecule has 0 bridgehead atoms. The predicted molar refractivity (Wildman–Crippen MR) is 68.9 cm³/mol. The SMILES string of the molecule is C=CCCC1CCCCC12C(=O)CC2OCC. The van der Waals surface area contributed by atoms with Gasteiger partial charge >= 0.3 is 0 Å². The lowest BCUT2D eigenvalue weighted by Gasteiger charge is -2.54. The van der Waals surface area contributed by atoms with Gasteiger partial charge in [-0.05, 0) is 38.5 Å². The lowest BCUT2D eigenvalue weighted by molar-refractivity contribution is -0.179. The molecule has 0 aromatic heterocycles. The first-order valence-electron chi connectivity index (χ1n) is 7.01. The summed E-state index contributed by atoms with van der Waals surface area (Å²) in [6.07, 6.45) is 9.68. The molecular formula is C15H24O2. The second kappa shape index (κ2) is 5.34. The molecule has 0 saturated heterocycles. The maximum Gasteiger partial charge on any atom is 0.144 e. The van der Waals surface area contributed by atoms with Crippen LogP contribution in [0.5, 0.6) is 0 Å². The van der Waals surface area contributed by atoms with E-state index < -0.39 is 0 Å². The van der Waals surface area contributed by atoms with E-state index in [4.69, 9.17) is 4.74 Å². The van der Waals surface area contributed by atoms with E-state index in [1.807, 2.05) is 13.0 Å². The first-order valence-corrected chi connectivity index (χ1v) is 7.01. The first-order chi connectivity index (χ1) is 8.25. The molecule has 2 heteroatoms. The lowest BCUT2D eigenvalue weighted by atomic mass is 9.51. The summed E-state index contributed by atoms with van der Waals surface area (Å²) in [5.41, 5.74) is -0.114. The van der Waals surface area contributed by atoms with Gasteiger partial charge in [0.15, 0.2) is 0 Å². The highest BCUT2D eigenvalue weighted by Gasteiger charge is 2.59. The number of carbonyl (C=O) groups is 1. The van der Waals surface area contributed by atoms with Gasteiger partial charge in [0.1, 0.15) is 5.78 Å². The minimum atomic E-state index is -0.114. The Morgan fingerprint density at radius 3 is 3.00 bits per heavy atom. The van der Waals surface area contributed by atoms with Crippen LogP contribution in [0, 0.1) is 11.3 Å². The molecule has 2 rings (SSSR count). The Kier molecular flexibility index (Phi) is 4.03. The summed E-state index contributed by atoms with van der Waals surface area (Å²) in [5, 5.41) is 0. The van der Waals surface area contributed by atoms with Gasteiger partial charge in [-0.3, -0.25) is 4.79 Å². The molecule has 3 atom stereocenters. The summed E-state index contributed by atoms with van der Waals surface area (Å²) in [4.78, 5) is 12.2. The van der Waals surface area contributed by atoms with Gasteiger partial charge in [0.2, 0.25) is 0 Å². The summed E-state index contributed by atoms with van der Waals surface area (Å²) in [6, 6.07) is 0. The van der Waals surface area contributed by atoms with Crippen molar-refractivity contribution in [2.75, 3.05) is 6.61 Å². The molecule has 1 spiro atoms. The van der Waals surface area contributed by atoms with Crippen molar-refractivity contribution in [3.63, 3.8) is 0 Å². The van der Waals surface area contributed by atoms with E-state index in [1.165, 1.54) is 19.3 Å². The van der Waals surface area contributed by atoms with Crippen molar-refractivity contribution in [2.24, 2.45) is 11.3 Å². The molecule has 2 aliphatic carbocycles. The number of ether oxygens (including phenoxy) is 1. The van der Waals surface area contributed by atoms with E-state index in [1.54, 1.807) is 0 Å². The number of hydrogen-bond donors (Lipinski definition) is 0. The van der Waals surface area contributed by atoms with Crippen molar-refractivity contribution in [3.8, 4) is 0 Å². The van der Waals surface area contributed by atoms with Crippen LogP contribution in [0.1, 0.15) is 51.9 Å². The second-order valence-corrected chi connectivity index (χ2v) is 5.42. The first kappa shape index (κ1) is 12.8. The summed E-state index contributed by atoms with van der Waals surface area (Å²) in [6.45, 7) is 6.55. The molecule has 17 heavy (non-hydrogen) atoms. The summed E-state index contributed by atoms with van der Waals surface area (Å²) in [7, 11) is 0. The Morgan fingerprint density at radius 2 is 2.35 bits per heavy atom. The third-order valence-electron chi connectivity index (χ3n) is 4.67. The van der Waals surface area contributed by atoms with Crippen molar-refractivity contribution in [3.05, 3.63) is 12.7 Å². The third kappa shape index (κ3) is 2.08. The van der Waals surface area contributed by atoms with Gasteiger partial charge < -0.3 is 4.74 Å². The number of ketones is 1. The molecule has 2 nitrogen and oxygen atoms in total. The van der Waals surface area contributed by atoms with Crippen molar-refractivity contribution >= 4 is 5.78 Å². The fraction of sp³-hybridized carbons (Fsp3) is 0.800. The van der Waals surface area contributed by atoms with Crippen LogP contribution >= 0.6 is 0 Å². The van der Waals surface area contributed by atoms with Crippen LogP contribution in [0.2, 0.25) is 0 Å². The number of hydrogen-bond acceptors (Lipinski definition) is 2. The molecule has 0 N–H and O–H groups in total. The monoisotopic (exact) mass is 236 g/mol. The van der Waals surface area contributed by atoms with Gasteiger partial charge in [0.25, 0.3) is 0 Å². The number of Topliss-reactive ketones (excluding diaryl/α,β-unsaturated/α-hetero) is 1. The van der Waals surface area contributed by atoms with Crippen LogP contribution in [0.25, 0.3) is 0 Å². The standard InChI is InChI=1S/C15H24O2/c1-3-5-8-12-9-6-7-10-15(12)13(16)11-14(15)17-4-2/h3,12,14H,1,4-11H2,2H3. The molecule has 0 amide bonds. The molecule has 2 aliphatic rings. The average molecular weight is 236 g/mol. The summed E-state index contributed by atoms with van der Waals surface area (Å²) in [5.74, 6) is 0.997. The fourth-order valence-electron chi connectivity index (χ4n) is 3.78. The Morgan fingerprint density at radius 1 is 1.53 bits per heavy atom. The van der Waals surface area contributed by atoms with Crippen LogP contribution < -0.4 is 0 Å². The molecule has 0 aromatic carbocycles. The highest BCUT2D eigenvalue weighted by molar-refractivity contribution is 5.92. The van der Waals surface area contributed by atoms with E-state index in [9.17, 15) is 4.79 Å². The quantitative estimate of drug-likeness (QED) is 0.683. The van der Waals surface area contributed by atoms with Gasteiger partial charge in [-0.1, -0.05) is 18.9 Å². The highest BCUT2D eigenvalue weighted by atomic mass is 16.5. The van der Waals surface area contributed by atoms with Crippen molar-refractivity contribution < 1.29 is 9.53 Å². The lowest BCUT2D eigenvalue weighted by Crippen LogP contribution is -2.60. The van der Waals surface area contributed by atoms with Crippen LogP contribution in [0.4, 0.5) is 0 Å². The van der Waals surface area contributed by atoms with Gasteiger partial charge in [-0.25, -0.2) is 0 Å². The van der Waals surface area contributed by atoms with E-state index in [-0.39, 0.29) is 11.5 Å². The van der Waals surface area contributed by atoms with E-state index in [2.05, 4.69) is 6.58 Å². The fourth-order valence-corrected chi connectivity index (χ4v) is 3.78. The molecule has 2 fully saturated rings. The largest absolute Gasteiger partial charge is 0.377 e. The average Bonchev–Trinajstić information content (AvgIpc) is 2.36. The summed E-state index contributed by atoms with van der Waals surface area (Å²) < 4.78 is 5.81. The van der Waals surface area contributed by atoms with Crippen molar-refractivity contribution in [2.45, 2.75) is 58.0 Å². The summed E-state index contributed by atoms with van der Waals surface area (Å²) >= 11 is 0. The molecule has 0 aliphatic heterocycles. The smallest absolute Gasteiger partial charge is 0.144 e. The highest BCUT2D eigenvalue weighted by Crippen LogP contribution is 2.55. The minimum absolute atomic E-state index is 0.114. The second-order valence-electron chi connectivity index (χ2n) is 5.42. The number of rotatable bonds is 5. The molecule has 0 heterocycles. The Bertz CT molecular complexity index is 297. The van der Waals surface area contributed by atoms with Gasteiger partial charge in [0.05, 0.1) is 11.5 Å². The van der Waals surface area contributed by atoms with E-state index in [0.29, 0.717) is 18.1 Å². The zero-order valence-corrected chi connectivity index (χ0v) is 10.9. The van der Waals surface area contributed by atoms with Crippen molar-refractivity contribution in [1.29, 1.82) is 0 Å². The Hall–Kier alpha value is -0.630. The van der Waals surface area contributed by atoms with Gasteiger partial charge in [0, 0.05) is 13.0 Å². The maximum absolute atomic E-state index is 12.2. The van der Waals surface area contributed by atoms with Crippen LogP contribution in [0.3, 0.4) is 0 Å². The molecular weight excluding hydrogens is 212 g/mol. The van der Waals surface area contributed by atoms with Crippen molar-refractivity contribution in [1.82, 2.24) is 0 Å². The zero-order valence-electron chi connectivity index (χ0n) is 10.9. The van der Waals surface area contributed by atoms with Crippen LogP contribution in [-0.2, 0) is 9.53 Å². The van der Waals surface area contributed by atoms with Gasteiger partial charge in [-0.15, -0.1) is 6.58 Å². The minimum Gasteiger partial charge on any atom is -0.377 e. The molecule has 2 saturated carbocycles. The van der Waals surface area contributed by atoms with Crippen LogP contribution in [-0.4, -0.2) is 18.5 Å². The Balaban J connectivity index is 2.11. The van der Waals surface area contributed by atoms with E-state index >= 15 is 0 Å². The molecule has 3 unspecified atom stereocenters. The number of carbonyl (C=O) groups excluding carboxylic acids is 1. The van der Waals surface area contributed by atoms with E-state index in [0.717, 1.165) is 25.9 Å².